The summed E-state index contributed by atoms with van der Waals surface area (Å²) in [4.78, 5) is 21.8. The first-order valence-corrected chi connectivity index (χ1v) is 9.81. The van der Waals surface area contributed by atoms with Gasteiger partial charge in [0.1, 0.15) is 5.82 Å². The number of carbonyl (C=O) groups excluding carboxylic acids is 1. The van der Waals surface area contributed by atoms with E-state index in [0.29, 0.717) is 22.4 Å². The lowest BCUT2D eigenvalue weighted by Gasteiger charge is -2.22. The van der Waals surface area contributed by atoms with Crippen LogP contribution in [0.5, 0.6) is 0 Å². The summed E-state index contributed by atoms with van der Waals surface area (Å²) in [5, 5.41) is 4.90. The van der Waals surface area contributed by atoms with Crippen molar-refractivity contribution in [2.24, 2.45) is 11.8 Å². The van der Waals surface area contributed by atoms with Gasteiger partial charge < -0.3 is 9.80 Å². The highest BCUT2D eigenvalue weighted by Crippen LogP contribution is 2.34. The van der Waals surface area contributed by atoms with Crippen LogP contribution in [0.25, 0.3) is 5.69 Å². The van der Waals surface area contributed by atoms with Crippen molar-refractivity contribution in [3.63, 3.8) is 0 Å². The van der Waals surface area contributed by atoms with Crippen LogP contribution in [-0.2, 0) is 0 Å². The Morgan fingerprint density at radius 1 is 1.04 bits per heavy atom. The lowest BCUT2D eigenvalue weighted by molar-refractivity contribution is 0.0782. The zero-order valence-electron chi connectivity index (χ0n) is 15.3. The van der Waals surface area contributed by atoms with Gasteiger partial charge in [-0.3, -0.25) is 4.79 Å². The summed E-state index contributed by atoms with van der Waals surface area (Å²) < 4.78 is 1.77. The molecular formula is C21H20ClN5O. The van der Waals surface area contributed by atoms with Gasteiger partial charge in [-0.1, -0.05) is 17.7 Å². The standard InChI is InChI=1S/C21H20ClN5O/c22-18-5-6-20(23-10-18)25-11-16-13-26(14-17(16)12-25)21(28)15-3-1-4-19(9-15)27-8-2-7-24-27/h1-10,16-17H,11-14H2. The van der Waals surface area contributed by atoms with Crippen LogP contribution >= 0.6 is 11.6 Å². The van der Waals surface area contributed by atoms with Gasteiger partial charge in [-0.2, -0.15) is 5.10 Å². The summed E-state index contributed by atoms with van der Waals surface area (Å²) in [5.74, 6) is 2.02. The number of amides is 1. The summed E-state index contributed by atoms with van der Waals surface area (Å²) in [5.41, 5.74) is 1.61. The number of carbonyl (C=O) groups is 1. The Kier molecular flexibility index (Phi) is 4.28. The van der Waals surface area contributed by atoms with Gasteiger partial charge in [0, 0.05) is 62.2 Å². The fourth-order valence-electron chi connectivity index (χ4n) is 4.29. The van der Waals surface area contributed by atoms with Gasteiger partial charge >= 0.3 is 0 Å². The van der Waals surface area contributed by atoms with Crippen LogP contribution in [0.2, 0.25) is 5.02 Å². The number of pyridine rings is 1. The van der Waals surface area contributed by atoms with E-state index in [2.05, 4.69) is 15.0 Å². The van der Waals surface area contributed by atoms with Crippen molar-refractivity contribution >= 4 is 23.3 Å². The third kappa shape index (κ3) is 3.14. The molecule has 28 heavy (non-hydrogen) atoms. The minimum absolute atomic E-state index is 0.0968. The van der Waals surface area contributed by atoms with Crippen LogP contribution in [0.15, 0.2) is 61.1 Å². The van der Waals surface area contributed by atoms with Gasteiger partial charge in [0.15, 0.2) is 0 Å². The molecule has 0 aliphatic carbocycles. The minimum atomic E-state index is 0.0968. The fourth-order valence-corrected chi connectivity index (χ4v) is 4.40. The highest BCUT2D eigenvalue weighted by atomic mass is 35.5. The first-order chi connectivity index (χ1) is 13.7. The molecule has 1 amide bonds. The van der Waals surface area contributed by atoms with Crippen molar-refractivity contribution < 1.29 is 4.79 Å². The van der Waals surface area contributed by atoms with E-state index in [1.54, 1.807) is 17.1 Å². The Balaban J connectivity index is 1.27. The number of anilines is 1. The molecule has 6 nitrogen and oxygen atoms in total. The number of benzene rings is 1. The monoisotopic (exact) mass is 393 g/mol. The van der Waals surface area contributed by atoms with Gasteiger partial charge in [0.25, 0.3) is 5.91 Å². The second-order valence-corrected chi connectivity index (χ2v) is 7.91. The molecular weight excluding hydrogens is 374 g/mol. The first-order valence-electron chi connectivity index (χ1n) is 9.43. The lowest BCUT2D eigenvalue weighted by Crippen LogP contribution is -2.33. The second-order valence-electron chi connectivity index (χ2n) is 7.47. The molecule has 2 aliphatic heterocycles. The smallest absolute Gasteiger partial charge is 0.253 e. The summed E-state index contributed by atoms with van der Waals surface area (Å²) in [7, 11) is 0. The SMILES string of the molecule is O=C(c1cccc(-n2cccn2)c1)N1CC2CN(c3ccc(Cl)cn3)CC2C1. The van der Waals surface area contributed by atoms with E-state index in [-0.39, 0.29) is 5.91 Å². The molecule has 2 saturated heterocycles. The Morgan fingerprint density at radius 3 is 2.54 bits per heavy atom. The third-order valence-corrected chi connectivity index (χ3v) is 5.89. The van der Waals surface area contributed by atoms with Gasteiger partial charge in [0.2, 0.25) is 0 Å². The molecule has 0 saturated carbocycles. The average molecular weight is 394 g/mol. The van der Waals surface area contributed by atoms with Crippen LogP contribution in [0.4, 0.5) is 5.82 Å². The molecule has 3 aromatic rings. The number of hydrogen-bond donors (Lipinski definition) is 0. The van der Waals surface area contributed by atoms with Crippen molar-refractivity contribution in [3.8, 4) is 5.69 Å². The van der Waals surface area contributed by atoms with E-state index in [4.69, 9.17) is 11.6 Å². The third-order valence-electron chi connectivity index (χ3n) is 5.67. The number of hydrogen-bond acceptors (Lipinski definition) is 4. The number of rotatable bonds is 3. The van der Waals surface area contributed by atoms with Crippen molar-refractivity contribution in [1.82, 2.24) is 19.7 Å². The van der Waals surface area contributed by atoms with E-state index >= 15 is 0 Å². The molecule has 1 aromatic carbocycles. The van der Waals surface area contributed by atoms with Crippen LogP contribution < -0.4 is 4.90 Å². The Bertz CT molecular complexity index is 974. The van der Waals surface area contributed by atoms with Crippen LogP contribution in [-0.4, -0.2) is 51.8 Å². The summed E-state index contributed by atoms with van der Waals surface area (Å²) in [6, 6.07) is 13.4. The summed E-state index contributed by atoms with van der Waals surface area (Å²) in [6.07, 6.45) is 5.30. The maximum atomic E-state index is 13.0. The van der Waals surface area contributed by atoms with Crippen molar-refractivity contribution in [2.75, 3.05) is 31.1 Å². The zero-order valence-corrected chi connectivity index (χ0v) is 16.0. The fraction of sp³-hybridized carbons (Fsp3) is 0.286. The van der Waals surface area contributed by atoms with Crippen molar-refractivity contribution in [2.45, 2.75) is 0 Å². The minimum Gasteiger partial charge on any atom is -0.356 e. The van der Waals surface area contributed by atoms with E-state index in [0.717, 1.165) is 37.7 Å². The Morgan fingerprint density at radius 2 is 1.86 bits per heavy atom. The summed E-state index contributed by atoms with van der Waals surface area (Å²) >= 11 is 5.94. The average Bonchev–Trinajstić information content (AvgIpc) is 3.44. The lowest BCUT2D eigenvalue weighted by atomic mass is 10.0. The van der Waals surface area contributed by atoms with Gasteiger partial charge in [0.05, 0.1) is 10.7 Å². The maximum Gasteiger partial charge on any atom is 0.253 e. The Labute approximate surface area is 168 Å². The van der Waals surface area contributed by atoms with Gasteiger partial charge in [-0.05, 0) is 36.4 Å². The molecule has 2 atom stereocenters. The molecule has 2 aromatic heterocycles. The quantitative estimate of drug-likeness (QED) is 0.686. The molecule has 0 N–H and O–H groups in total. The van der Waals surface area contributed by atoms with Gasteiger partial charge in [-0.15, -0.1) is 0 Å². The van der Waals surface area contributed by atoms with E-state index < -0.39 is 0 Å². The molecule has 4 heterocycles. The number of fused-ring (bicyclic) bond motifs is 1. The largest absolute Gasteiger partial charge is 0.356 e. The predicted octanol–water partition coefficient (Wildman–Crippen LogP) is 3.13. The number of aromatic nitrogens is 3. The molecule has 0 spiro atoms. The van der Waals surface area contributed by atoms with Crippen LogP contribution in [0.1, 0.15) is 10.4 Å². The molecule has 0 radical (unpaired) electrons. The number of likely N-dealkylation sites (tertiary alicyclic amines) is 1. The zero-order chi connectivity index (χ0) is 19.1. The normalized spacial score (nSPS) is 21.2. The van der Waals surface area contributed by atoms with Crippen LogP contribution in [0.3, 0.4) is 0 Å². The predicted molar refractivity (Wildman–Crippen MR) is 108 cm³/mol. The molecule has 2 aliphatic rings. The maximum absolute atomic E-state index is 13.0. The van der Waals surface area contributed by atoms with Crippen molar-refractivity contribution in [1.29, 1.82) is 0 Å². The van der Waals surface area contributed by atoms with E-state index in [9.17, 15) is 4.79 Å². The highest BCUT2D eigenvalue weighted by molar-refractivity contribution is 6.30. The second kappa shape index (κ2) is 6.95. The number of halogens is 1. The van der Waals surface area contributed by atoms with E-state index in [1.807, 2.05) is 53.6 Å². The summed E-state index contributed by atoms with van der Waals surface area (Å²) in [6.45, 7) is 3.44. The molecule has 0 bridgehead atoms. The van der Waals surface area contributed by atoms with Crippen molar-refractivity contribution in [3.05, 3.63) is 71.6 Å². The highest BCUT2D eigenvalue weighted by Gasteiger charge is 2.42. The molecule has 5 rings (SSSR count). The number of nitrogens with zero attached hydrogens (tertiary/aromatic N) is 5. The Hall–Kier alpha value is -2.86. The molecule has 7 heteroatoms. The molecule has 142 valence electrons. The van der Waals surface area contributed by atoms with E-state index in [1.165, 1.54) is 0 Å². The molecule has 2 unspecified atom stereocenters. The topological polar surface area (TPSA) is 54.3 Å². The first kappa shape index (κ1) is 17.3. The van der Waals surface area contributed by atoms with Crippen LogP contribution in [0, 0.1) is 11.8 Å². The molecule has 2 fully saturated rings. The van der Waals surface area contributed by atoms with Gasteiger partial charge in [-0.25, -0.2) is 9.67 Å².